The highest BCUT2D eigenvalue weighted by Crippen LogP contribution is 2.31. The monoisotopic (exact) mass is 114 g/mol. The van der Waals surface area contributed by atoms with Gasteiger partial charge >= 0.3 is 0 Å². The van der Waals surface area contributed by atoms with Gasteiger partial charge in [0.1, 0.15) is 0 Å². The van der Waals surface area contributed by atoms with E-state index in [4.69, 9.17) is 10.2 Å². The molecule has 0 aromatic rings. The van der Waals surface area contributed by atoms with Crippen molar-refractivity contribution >= 4 is 0 Å². The summed E-state index contributed by atoms with van der Waals surface area (Å²) in [6, 6.07) is 0. The van der Waals surface area contributed by atoms with Crippen molar-refractivity contribution in [2.75, 3.05) is 6.61 Å². The Kier molecular flexibility index (Phi) is 1.36. The van der Waals surface area contributed by atoms with Crippen LogP contribution in [0, 0.1) is 5.92 Å². The summed E-state index contributed by atoms with van der Waals surface area (Å²) in [6.45, 7) is 3.68. The van der Waals surface area contributed by atoms with E-state index in [2.05, 4.69) is 6.58 Å². The Hall–Kier alpha value is -0.340. The Morgan fingerprint density at radius 3 is 2.50 bits per heavy atom. The summed E-state index contributed by atoms with van der Waals surface area (Å²) in [5.41, 5.74) is 0.972. The molecule has 46 valence electrons. The molecule has 0 bridgehead atoms. The molecule has 0 spiro atoms. The van der Waals surface area contributed by atoms with E-state index in [1.54, 1.807) is 0 Å². The van der Waals surface area contributed by atoms with Crippen LogP contribution in [0.1, 0.15) is 6.42 Å². The molecule has 1 saturated carbocycles. The lowest BCUT2D eigenvalue weighted by atomic mass is 9.78. The molecular weight excluding hydrogens is 104 g/mol. The molecule has 0 radical (unpaired) electrons. The Bertz CT molecular complexity index is 109. The van der Waals surface area contributed by atoms with Crippen LogP contribution in [0.25, 0.3) is 0 Å². The van der Waals surface area contributed by atoms with Gasteiger partial charge in [0.05, 0.1) is 12.7 Å². The summed E-state index contributed by atoms with van der Waals surface area (Å²) in [5, 5.41) is 17.4. The molecule has 8 heavy (non-hydrogen) atoms. The zero-order valence-electron chi connectivity index (χ0n) is 4.67. The number of aliphatic hydroxyl groups is 2. The highest BCUT2D eigenvalue weighted by molar-refractivity contribution is 5.15. The molecule has 0 saturated heterocycles. The summed E-state index contributed by atoms with van der Waals surface area (Å²) in [5.74, 6) is -0.0324. The van der Waals surface area contributed by atoms with Gasteiger partial charge in [-0.3, -0.25) is 0 Å². The molecule has 2 nitrogen and oxygen atoms in total. The van der Waals surface area contributed by atoms with E-state index in [0.29, 0.717) is 6.42 Å². The number of aliphatic hydroxyl groups excluding tert-OH is 2. The first kappa shape index (κ1) is 5.79. The molecule has 0 amide bonds. The predicted octanol–water partition coefficient (Wildman–Crippen LogP) is -0.0843. The van der Waals surface area contributed by atoms with Gasteiger partial charge in [-0.2, -0.15) is 0 Å². The first-order valence-electron chi connectivity index (χ1n) is 2.72. The van der Waals surface area contributed by atoms with Gasteiger partial charge in [-0.25, -0.2) is 0 Å². The highest BCUT2D eigenvalue weighted by atomic mass is 16.3. The smallest absolute Gasteiger partial charge is 0.0664 e. The fourth-order valence-corrected chi connectivity index (χ4v) is 0.925. The maximum absolute atomic E-state index is 8.86. The molecule has 0 heterocycles. The Balaban J connectivity index is 2.40. The van der Waals surface area contributed by atoms with Crippen molar-refractivity contribution in [2.24, 2.45) is 5.92 Å². The van der Waals surface area contributed by atoms with Crippen molar-refractivity contribution in [1.82, 2.24) is 0 Å². The molecular formula is C6H10O2. The molecule has 1 aliphatic rings. The molecule has 0 unspecified atom stereocenters. The molecule has 0 aromatic carbocycles. The van der Waals surface area contributed by atoms with Crippen LogP contribution < -0.4 is 0 Å². The molecule has 0 aliphatic heterocycles. The summed E-state index contributed by atoms with van der Waals surface area (Å²) in [6.07, 6.45) is 0.345. The number of hydrogen-bond donors (Lipinski definition) is 2. The SMILES string of the molecule is C=C1C[C@H](O)[C@@H]1CO. The average molecular weight is 114 g/mol. The van der Waals surface area contributed by atoms with E-state index in [0.717, 1.165) is 5.57 Å². The lowest BCUT2D eigenvalue weighted by molar-refractivity contribution is 0.0403. The molecule has 0 aromatic heterocycles. The second-order valence-electron chi connectivity index (χ2n) is 2.22. The highest BCUT2D eigenvalue weighted by Gasteiger charge is 2.31. The second kappa shape index (κ2) is 1.88. The standard InChI is InChI=1S/C6H10O2/c1-4-2-6(8)5(4)3-7/h5-8H,1-3H2/t5-,6+/m1/s1. The van der Waals surface area contributed by atoms with Crippen LogP contribution in [0.2, 0.25) is 0 Å². The maximum Gasteiger partial charge on any atom is 0.0664 e. The third-order valence-corrected chi connectivity index (χ3v) is 1.66. The lowest BCUT2D eigenvalue weighted by Gasteiger charge is -2.33. The number of rotatable bonds is 1. The second-order valence-corrected chi connectivity index (χ2v) is 2.22. The lowest BCUT2D eigenvalue weighted by Crippen LogP contribution is -2.36. The van der Waals surface area contributed by atoms with Gasteiger partial charge < -0.3 is 10.2 Å². The Morgan fingerprint density at radius 1 is 1.75 bits per heavy atom. The molecule has 2 atom stereocenters. The van der Waals surface area contributed by atoms with Crippen molar-refractivity contribution < 1.29 is 10.2 Å². The minimum absolute atomic E-state index is 0.0324. The van der Waals surface area contributed by atoms with E-state index in [-0.39, 0.29) is 18.6 Å². The van der Waals surface area contributed by atoms with Gasteiger partial charge in [0.25, 0.3) is 0 Å². The summed E-state index contributed by atoms with van der Waals surface area (Å²) in [7, 11) is 0. The molecule has 1 rings (SSSR count). The van der Waals surface area contributed by atoms with Gasteiger partial charge in [0.2, 0.25) is 0 Å². The molecule has 2 N–H and O–H groups in total. The van der Waals surface area contributed by atoms with E-state index in [1.165, 1.54) is 0 Å². The van der Waals surface area contributed by atoms with Crippen LogP contribution in [0.15, 0.2) is 12.2 Å². The van der Waals surface area contributed by atoms with Crippen molar-refractivity contribution in [1.29, 1.82) is 0 Å². The molecule has 1 aliphatic carbocycles. The Labute approximate surface area is 48.5 Å². The molecule has 1 fully saturated rings. The van der Waals surface area contributed by atoms with Gasteiger partial charge in [0.15, 0.2) is 0 Å². The quantitative estimate of drug-likeness (QED) is 0.468. The van der Waals surface area contributed by atoms with E-state index < -0.39 is 0 Å². The van der Waals surface area contributed by atoms with Crippen molar-refractivity contribution in [3.05, 3.63) is 12.2 Å². The summed E-state index contributed by atoms with van der Waals surface area (Å²) < 4.78 is 0. The van der Waals surface area contributed by atoms with Crippen molar-refractivity contribution in [3.63, 3.8) is 0 Å². The largest absolute Gasteiger partial charge is 0.396 e. The van der Waals surface area contributed by atoms with Crippen LogP contribution in [-0.4, -0.2) is 22.9 Å². The fourth-order valence-electron chi connectivity index (χ4n) is 0.925. The van der Waals surface area contributed by atoms with Gasteiger partial charge in [-0.05, 0) is 6.42 Å². The van der Waals surface area contributed by atoms with Crippen LogP contribution in [0.4, 0.5) is 0 Å². The summed E-state index contributed by atoms with van der Waals surface area (Å²) >= 11 is 0. The Morgan fingerprint density at radius 2 is 2.38 bits per heavy atom. The van der Waals surface area contributed by atoms with Gasteiger partial charge in [-0.15, -0.1) is 0 Å². The normalized spacial score (nSPS) is 37.0. The van der Waals surface area contributed by atoms with E-state index in [9.17, 15) is 0 Å². The zero-order valence-corrected chi connectivity index (χ0v) is 4.67. The number of hydrogen-bond acceptors (Lipinski definition) is 2. The first-order chi connectivity index (χ1) is 3.75. The van der Waals surface area contributed by atoms with Crippen molar-refractivity contribution in [2.45, 2.75) is 12.5 Å². The maximum atomic E-state index is 8.86. The molecule has 2 heteroatoms. The van der Waals surface area contributed by atoms with E-state index >= 15 is 0 Å². The minimum atomic E-state index is -0.326. The average Bonchev–Trinajstić information content (AvgIpc) is 1.67. The van der Waals surface area contributed by atoms with Gasteiger partial charge in [0, 0.05) is 5.92 Å². The van der Waals surface area contributed by atoms with E-state index in [1.807, 2.05) is 0 Å². The van der Waals surface area contributed by atoms with Crippen LogP contribution in [0.3, 0.4) is 0 Å². The fraction of sp³-hybridized carbons (Fsp3) is 0.667. The topological polar surface area (TPSA) is 40.5 Å². The first-order valence-corrected chi connectivity index (χ1v) is 2.72. The summed E-state index contributed by atoms with van der Waals surface area (Å²) in [4.78, 5) is 0. The van der Waals surface area contributed by atoms with Crippen LogP contribution >= 0.6 is 0 Å². The third kappa shape index (κ3) is 0.659. The predicted molar refractivity (Wildman–Crippen MR) is 30.3 cm³/mol. The van der Waals surface area contributed by atoms with Crippen LogP contribution in [-0.2, 0) is 0 Å². The van der Waals surface area contributed by atoms with Gasteiger partial charge in [-0.1, -0.05) is 12.2 Å². The zero-order chi connectivity index (χ0) is 6.15. The minimum Gasteiger partial charge on any atom is -0.396 e. The van der Waals surface area contributed by atoms with Crippen molar-refractivity contribution in [3.8, 4) is 0 Å². The van der Waals surface area contributed by atoms with Crippen LogP contribution in [0.5, 0.6) is 0 Å². The third-order valence-electron chi connectivity index (χ3n) is 1.66.